The van der Waals surface area contributed by atoms with Gasteiger partial charge in [0.25, 0.3) is 0 Å². The van der Waals surface area contributed by atoms with Gasteiger partial charge in [-0.05, 0) is 29.8 Å². The molecule has 2 aromatic heterocycles. The molecule has 0 spiro atoms. The number of benzene rings is 1. The maximum atomic E-state index is 12.4. The summed E-state index contributed by atoms with van der Waals surface area (Å²) in [5, 5.41) is 0. The molecule has 0 aliphatic heterocycles. The third-order valence-corrected chi connectivity index (χ3v) is 4.89. The van der Waals surface area contributed by atoms with Crippen molar-refractivity contribution in [1.82, 2.24) is 19.5 Å². The van der Waals surface area contributed by atoms with Gasteiger partial charge in [0.1, 0.15) is 23.8 Å². The summed E-state index contributed by atoms with van der Waals surface area (Å²) >= 11 is 6.01. The van der Waals surface area contributed by atoms with Crippen LogP contribution in [-0.4, -0.2) is 25.9 Å². The molecule has 0 fully saturated rings. The Balaban J connectivity index is 1.73. The molecule has 0 aliphatic carbocycles. The lowest BCUT2D eigenvalue weighted by atomic mass is 10.3. The number of rotatable bonds is 7. The molecule has 0 saturated heterocycles. The summed E-state index contributed by atoms with van der Waals surface area (Å²) in [5.41, 5.74) is 6.81. The lowest BCUT2D eigenvalue weighted by Gasteiger charge is -2.20. The SMILES string of the molecule is CC[C@@H](OCP(=O)(Cl)Oc1ccccc1)n1cnc2c(N)ncnc21. The Labute approximate surface area is 149 Å². The lowest BCUT2D eigenvalue weighted by Crippen LogP contribution is -2.13. The number of fused-ring (bicyclic) bond motifs is 1. The second-order valence-electron chi connectivity index (χ2n) is 5.24. The summed E-state index contributed by atoms with van der Waals surface area (Å²) < 4.78 is 25.2. The van der Waals surface area contributed by atoms with Crippen LogP contribution in [0.25, 0.3) is 11.2 Å². The highest BCUT2D eigenvalue weighted by atomic mass is 35.7. The first kappa shape index (κ1) is 17.7. The van der Waals surface area contributed by atoms with Gasteiger partial charge in [-0.25, -0.2) is 15.0 Å². The predicted octanol–water partition coefficient (Wildman–Crippen LogP) is 3.80. The lowest BCUT2D eigenvalue weighted by molar-refractivity contribution is 0.0275. The van der Waals surface area contributed by atoms with Crippen LogP contribution in [0.2, 0.25) is 0 Å². The summed E-state index contributed by atoms with van der Waals surface area (Å²) in [6, 6.07) is 8.71. The predicted molar refractivity (Wildman–Crippen MR) is 95.5 cm³/mol. The van der Waals surface area contributed by atoms with Gasteiger partial charge in [0, 0.05) is 0 Å². The van der Waals surface area contributed by atoms with Crippen molar-refractivity contribution in [3.63, 3.8) is 0 Å². The van der Waals surface area contributed by atoms with Crippen molar-refractivity contribution in [3.8, 4) is 5.75 Å². The monoisotopic (exact) mass is 381 g/mol. The minimum absolute atomic E-state index is 0.262. The number of nitrogens with two attached hydrogens (primary N) is 1. The fourth-order valence-corrected chi connectivity index (χ4v) is 3.56. The molecule has 3 aromatic rings. The molecule has 0 aliphatic rings. The first-order valence-electron chi connectivity index (χ1n) is 7.58. The van der Waals surface area contributed by atoms with Gasteiger partial charge in [-0.2, -0.15) is 0 Å². The van der Waals surface area contributed by atoms with Gasteiger partial charge >= 0.3 is 6.72 Å². The van der Waals surface area contributed by atoms with Crippen molar-refractivity contribution in [2.24, 2.45) is 0 Å². The Morgan fingerprint density at radius 2 is 2.04 bits per heavy atom. The number of hydrogen-bond acceptors (Lipinski definition) is 7. The first-order valence-corrected chi connectivity index (χ1v) is 10.3. The normalized spacial score (nSPS) is 15.0. The van der Waals surface area contributed by atoms with Crippen molar-refractivity contribution in [2.45, 2.75) is 19.6 Å². The Morgan fingerprint density at radius 3 is 2.76 bits per heavy atom. The van der Waals surface area contributed by atoms with Gasteiger partial charge in [0.05, 0.1) is 6.33 Å². The van der Waals surface area contributed by atoms with E-state index in [-0.39, 0.29) is 12.2 Å². The van der Waals surface area contributed by atoms with E-state index in [0.29, 0.717) is 23.3 Å². The number of nitrogens with zero attached hydrogens (tertiary/aromatic N) is 4. The van der Waals surface area contributed by atoms with Crippen LogP contribution in [-0.2, 0) is 9.30 Å². The topological polar surface area (TPSA) is 105 Å². The van der Waals surface area contributed by atoms with E-state index in [1.807, 2.05) is 13.0 Å². The molecule has 2 N–H and O–H groups in total. The van der Waals surface area contributed by atoms with Gasteiger partial charge < -0.3 is 15.0 Å². The highest BCUT2D eigenvalue weighted by molar-refractivity contribution is 7.85. The average molecular weight is 382 g/mol. The minimum atomic E-state index is -3.49. The fourth-order valence-electron chi connectivity index (χ4n) is 2.32. The Morgan fingerprint density at radius 1 is 1.28 bits per heavy atom. The van der Waals surface area contributed by atoms with Crippen molar-refractivity contribution < 1.29 is 13.8 Å². The van der Waals surface area contributed by atoms with Gasteiger partial charge in [0.15, 0.2) is 17.8 Å². The quantitative estimate of drug-likeness (QED) is 0.620. The third-order valence-electron chi connectivity index (χ3n) is 3.45. The standard InChI is InChI=1S/C15H17ClN5O3P/c1-2-12(21-9-20-13-14(17)18-8-19-15(13)21)23-10-25(16,22)24-11-6-4-3-5-7-11/h3-9,12H,2,10H2,1H3,(H2,17,18,19)/t12-,25?/m1/s1. The van der Waals surface area contributed by atoms with Crippen LogP contribution in [0.15, 0.2) is 43.0 Å². The number of nitrogen functional groups attached to an aromatic ring is 1. The molecular formula is C15H17ClN5O3P. The van der Waals surface area contributed by atoms with Crippen molar-refractivity contribution in [1.29, 1.82) is 0 Å². The van der Waals surface area contributed by atoms with Gasteiger partial charge in [0.2, 0.25) is 0 Å². The minimum Gasteiger partial charge on any atom is -0.431 e. The zero-order valence-corrected chi connectivity index (χ0v) is 15.1. The largest absolute Gasteiger partial charge is 0.431 e. The van der Waals surface area contributed by atoms with Gasteiger partial charge in [-0.15, -0.1) is 0 Å². The number of hydrogen-bond donors (Lipinski definition) is 1. The molecular weight excluding hydrogens is 365 g/mol. The van der Waals surface area contributed by atoms with E-state index >= 15 is 0 Å². The van der Waals surface area contributed by atoms with Crippen LogP contribution in [0.4, 0.5) is 5.82 Å². The summed E-state index contributed by atoms with van der Waals surface area (Å²) in [6.07, 6.45) is 2.76. The molecule has 2 atom stereocenters. The second kappa shape index (κ2) is 7.39. The van der Waals surface area contributed by atoms with Gasteiger partial charge in [-0.1, -0.05) is 25.1 Å². The molecule has 2 heterocycles. The van der Waals surface area contributed by atoms with E-state index in [2.05, 4.69) is 15.0 Å². The molecule has 3 rings (SSSR count). The molecule has 8 nitrogen and oxygen atoms in total. The highest BCUT2D eigenvalue weighted by Crippen LogP contribution is 2.52. The average Bonchev–Trinajstić information content (AvgIpc) is 3.01. The van der Waals surface area contributed by atoms with Crippen LogP contribution in [0.3, 0.4) is 0 Å². The molecule has 25 heavy (non-hydrogen) atoms. The number of halogens is 1. The van der Waals surface area contributed by atoms with E-state index < -0.39 is 12.9 Å². The van der Waals surface area contributed by atoms with E-state index in [1.54, 1.807) is 35.2 Å². The van der Waals surface area contributed by atoms with Crippen LogP contribution >= 0.6 is 18.0 Å². The molecule has 0 saturated carbocycles. The van der Waals surface area contributed by atoms with Crippen LogP contribution < -0.4 is 10.3 Å². The molecule has 0 amide bonds. The zero-order chi connectivity index (χ0) is 17.9. The van der Waals surface area contributed by atoms with Crippen molar-refractivity contribution in [2.75, 3.05) is 12.1 Å². The molecule has 132 valence electrons. The summed E-state index contributed by atoms with van der Waals surface area (Å²) in [5.74, 6) is 0.708. The maximum absolute atomic E-state index is 12.4. The van der Waals surface area contributed by atoms with E-state index in [9.17, 15) is 4.57 Å². The van der Waals surface area contributed by atoms with E-state index in [4.69, 9.17) is 26.2 Å². The third kappa shape index (κ3) is 4.10. The number of aromatic nitrogens is 4. The molecule has 0 radical (unpaired) electrons. The van der Waals surface area contributed by atoms with E-state index in [1.165, 1.54) is 6.33 Å². The second-order valence-corrected chi connectivity index (χ2v) is 8.40. The summed E-state index contributed by atoms with van der Waals surface area (Å²) in [7, 11) is 0. The van der Waals surface area contributed by atoms with Gasteiger partial charge in [-0.3, -0.25) is 9.13 Å². The van der Waals surface area contributed by atoms with Crippen LogP contribution in [0.1, 0.15) is 19.6 Å². The first-order chi connectivity index (χ1) is 12.0. The zero-order valence-electron chi connectivity index (χ0n) is 13.4. The number of ether oxygens (including phenoxy) is 1. The fraction of sp³-hybridized carbons (Fsp3) is 0.267. The summed E-state index contributed by atoms with van der Waals surface area (Å²) in [6.45, 7) is -1.58. The highest BCUT2D eigenvalue weighted by Gasteiger charge is 2.25. The Hall–Kier alpha value is -2.15. The number of imidazole rings is 1. The van der Waals surface area contributed by atoms with Crippen molar-refractivity contribution >= 4 is 34.9 Å². The summed E-state index contributed by atoms with van der Waals surface area (Å²) in [4.78, 5) is 12.3. The Kier molecular flexibility index (Phi) is 5.22. The number of para-hydroxylation sites is 1. The van der Waals surface area contributed by atoms with Crippen molar-refractivity contribution in [3.05, 3.63) is 43.0 Å². The van der Waals surface area contributed by atoms with Crippen LogP contribution in [0.5, 0.6) is 5.75 Å². The Bertz CT molecular complexity index is 905. The smallest absolute Gasteiger partial charge is 0.361 e. The van der Waals surface area contributed by atoms with E-state index in [0.717, 1.165) is 0 Å². The molecule has 0 bridgehead atoms. The molecule has 1 aromatic carbocycles. The molecule has 1 unspecified atom stereocenters. The number of anilines is 1. The molecule has 10 heteroatoms. The van der Waals surface area contributed by atoms with Crippen LogP contribution in [0, 0.1) is 0 Å². The maximum Gasteiger partial charge on any atom is 0.361 e.